The van der Waals surface area contributed by atoms with Gasteiger partial charge in [-0.2, -0.15) is 0 Å². The molecule has 2 aromatic carbocycles. The summed E-state index contributed by atoms with van der Waals surface area (Å²) in [6.45, 7) is 3.75. The number of nitrogens with zero attached hydrogens (tertiary/aromatic N) is 4. The fraction of sp³-hybridized carbons (Fsp3) is 0.100. The van der Waals surface area contributed by atoms with Gasteiger partial charge in [0.05, 0.1) is 32.6 Å². The second-order valence-corrected chi connectivity index (χ2v) is 9.06. The maximum atomic E-state index is 10.7. The topological polar surface area (TPSA) is 111 Å². The van der Waals surface area contributed by atoms with E-state index in [-0.39, 0.29) is 24.5 Å². The molecule has 0 radical (unpaired) electrons. The van der Waals surface area contributed by atoms with E-state index in [1.807, 2.05) is 26.0 Å². The first-order valence-electron chi connectivity index (χ1n) is 8.80. The van der Waals surface area contributed by atoms with E-state index in [0.717, 1.165) is 21.2 Å². The van der Waals surface area contributed by atoms with Crippen molar-refractivity contribution in [1.29, 1.82) is 0 Å². The van der Waals surface area contributed by atoms with Crippen molar-refractivity contribution in [2.75, 3.05) is 0 Å². The number of thiophene rings is 1. The third kappa shape index (κ3) is 7.51. The zero-order valence-electron chi connectivity index (χ0n) is 16.7. The van der Waals surface area contributed by atoms with Crippen LogP contribution in [0.1, 0.15) is 23.6 Å². The molecule has 0 aliphatic heterocycles. The van der Waals surface area contributed by atoms with E-state index in [2.05, 4.69) is 9.98 Å². The fourth-order valence-corrected chi connectivity index (χ4v) is 3.42. The standard InChI is InChI=1S/C20H16N4O4S.2ClH.Fe/c1-13(21-15-3-7-17(8-4-15)23(25)26)19-11-12-20(29-19)14(2)22-16-5-9-18(10-6-16)24(27)28;;;/h3-12H,1-2H3;2*1H;/q;;;+2/p-2. The molecule has 0 atom stereocenters. The minimum absolute atomic E-state index is 0.0260. The number of nitro benzene ring substituents is 2. The van der Waals surface area contributed by atoms with Crippen molar-refractivity contribution in [3.63, 3.8) is 0 Å². The van der Waals surface area contributed by atoms with E-state index in [0.29, 0.717) is 11.4 Å². The molecule has 1 heterocycles. The van der Waals surface area contributed by atoms with Gasteiger partial charge in [-0.15, -0.1) is 11.3 Å². The number of rotatable bonds is 6. The Balaban J connectivity index is 0.00000114. The van der Waals surface area contributed by atoms with E-state index < -0.39 is 9.85 Å². The average molecular weight is 535 g/mol. The Morgan fingerprint density at radius 3 is 1.34 bits per heavy atom. The quantitative estimate of drug-likeness (QED) is 0.144. The predicted molar refractivity (Wildman–Crippen MR) is 126 cm³/mol. The van der Waals surface area contributed by atoms with Gasteiger partial charge in [0.25, 0.3) is 11.4 Å². The molecule has 0 fully saturated rings. The summed E-state index contributed by atoms with van der Waals surface area (Å²) in [7, 11) is 9.53. The maximum absolute atomic E-state index is 10.7. The predicted octanol–water partition coefficient (Wildman–Crippen LogP) is 7.22. The summed E-state index contributed by atoms with van der Waals surface area (Å²) < 4.78 is 0. The van der Waals surface area contributed by atoms with Crippen LogP contribution in [0.25, 0.3) is 0 Å². The Bertz CT molecular complexity index is 1060. The molecule has 0 saturated carbocycles. The third-order valence-corrected chi connectivity index (χ3v) is 5.34. The van der Waals surface area contributed by atoms with Gasteiger partial charge >= 0.3 is 33.3 Å². The summed E-state index contributed by atoms with van der Waals surface area (Å²) >= 11 is 1.72. The van der Waals surface area contributed by atoms with Gasteiger partial charge in [-0.25, -0.2) is 0 Å². The van der Waals surface area contributed by atoms with Crippen LogP contribution < -0.4 is 0 Å². The summed E-state index contributed by atoms with van der Waals surface area (Å²) in [4.78, 5) is 31.5. The molecular formula is C20H16Cl2FeN4O4S. The van der Waals surface area contributed by atoms with E-state index in [9.17, 15) is 20.2 Å². The first-order valence-corrected chi connectivity index (χ1v) is 12.7. The zero-order valence-corrected chi connectivity index (χ0v) is 20.1. The number of halogens is 2. The van der Waals surface area contributed by atoms with Gasteiger partial charge < -0.3 is 0 Å². The molecule has 32 heavy (non-hydrogen) atoms. The molecule has 3 rings (SSSR count). The summed E-state index contributed by atoms with van der Waals surface area (Å²) in [5, 5.41) is 21.5. The van der Waals surface area contributed by atoms with Crippen LogP contribution in [0.15, 0.2) is 70.6 Å². The van der Waals surface area contributed by atoms with Crippen molar-refractivity contribution in [2.24, 2.45) is 9.98 Å². The molecule has 0 saturated heterocycles. The molecule has 0 bridgehead atoms. The monoisotopic (exact) mass is 534 g/mol. The van der Waals surface area contributed by atoms with Crippen molar-refractivity contribution in [2.45, 2.75) is 13.8 Å². The van der Waals surface area contributed by atoms with Gasteiger partial charge in [0.15, 0.2) is 0 Å². The number of nitro groups is 2. The van der Waals surface area contributed by atoms with Crippen molar-refractivity contribution >= 4 is 65.7 Å². The molecule has 0 unspecified atom stereocenters. The number of hydrogen-bond acceptors (Lipinski definition) is 7. The molecule has 12 heteroatoms. The SMILES string of the molecule is CC(=Nc1ccc([N+](=O)[O-])cc1)c1ccc(C(C)=Nc2ccc([N+](=O)[O-])cc2)s1.[Cl][Fe][Cl]. The van der Waals surface area contributed by atoms with Gasteiger partial charge in [-0.3, -0.25) is 30.2 Å². The zero-order chi connectivity index (χ0) is 23.7. The van der Waals surface area contributed by atoms with E-state index >= 15 is 0 Å². The number of hydrogen-bond donors (Lipinski definition) is 0. The van der Waals surface area contributed by atoms with E-state index in [1.165, 1.54) is 35.6 Å². The molecule has 0 aliphatic rings. The van der Waals surface area contributed by atoms with Crippen molar-refractivity contribution < 1.29 is 23.0 Å². The molecule has 0 aliphatic carbocycles. The Hall–Kier alpha value is -2.62. The van der Waals surface area contributed by atoms with Crippen molar-refractivity contribution in [1.82, 2.24) is 0 Å². The van der Waals surface area contributed by atoms with Crippen LogP contribution in [0.4, 0.5) is 22.7 Å². The number of benzene rings is 2. The normalized spacial score (nSPS) is 11.6. The summed E-state index contributed by atoms with van der Waals surface area (Å²) in [5.41, 5.74) is 2.91. The van der Waals surface area contributed by atoms with E-state index in [1.54, 1.807) is 24.3 Å². The second-order valence-electron chi connectivity index (χ2n) is 6.16. The Labute approximate surface area is 202 Å². The third-order valence-electron chi connectivity index (χ3n) is 4.03. The van der Waals surface area contributed by atoms with Gasteiger partial charge in [0, 0.05) is 34.0 Å². The van der Waals surface area contributed by atoms with Crippen molar-refractivity contribution in [3.05, 3.63) is 90.6 Å². The molecule has 0 amide bonds. The molecule has 8 nitrogen and oxygen atoms in total. The number of non-ortho nitro benzene ring substituents is 2. The summed E-state index contributed by atoms with van der Waals surface area (Å²) in [6, 6.07) is 16.0. The van der Waals surface area contributed by atoms with E-state index in [4.69, 9.17) is 20.2 Å². The summed E-state index contributed by atoms with van der Waals surface area (Å²) in [6.07, 6.45) is 0. The number of aliphatic imine (C=N–C) groups is 2. The molecule has 168 valence electrons. The van der Waals surface area contributed by atoms with Crippen molar-refractivity contribution in [3.8, 4) is 0 Å². The molecule has 3 aromatic rings. The van der Waals surface area contributed by atoms with Crippen LogP contribution in [-0.4, -0.2) is 21.3 Å². The Kier molecular flexibility index (Phi) is 9.95. The Morgan fingerprint density at radius 1 is 0.750 bits per heavy atom. The van der Waals surface area contributed by atoms with Gasteiger partial charge in [0.2, 0.25) is 0 Å². The molecule has 0 N–H and O–H groups in total. The fourth-order valence-electron chi connectivity index (χ4n) is 2.52. The Morgan fingerprint density at radius 2 is 1.06 bits per heavy atom. The first kappa shape index (κ1) is 25.6. The average Bonchev–Trinajstić information content (AvgIpc) is 3.26. The van der Waals surface area contributed by atoms with Crippen LogP contribution in [0.2, 0.25) is 0 Å². The second kappa shape index (κ2) is 12.4. The molecular weight excluding hydrogens is 519 g/mol. The molecule has 0 spiro atoms. The van der Waals surface area contributed by atoms with Crippen LogP contribution in [0.5, 0.6) is 0 Å². The first-order chi connectivity index (χ1) is 15.2. The minimum atomic E-state index is -0.445. The van der Waals surface area contributed by atoms with Crippen LogP contribution in [0, 0.1) is 20.2 Å². The van der Waals surface area contributed by atoms with Gasteiger partial charge in [0.1, 0.15) is 0 Å². The van der Waals surface area contributed by atoms with Crippen LogP contribution in [0.3, 0.4) is 0 Å². The molecule has 1 aromatic heterocycles. The van der Waals surface area contributed by atoms with Crippen LogP contribution >= 0.6 is 31.5 Å². The van der Waals surface area contributed by atoms with Crippen LogP contribution in [-0.2, 0) is 13.1 Å². The van der Waals surface area contributed by atoms with Gasteiger partial charge in [-0.1, -0.05) is 0 Å². The summed E-state index contributed by atoms with van der Waals surface area (Å²) in [5.74, 6) is 0. The van der Waals surface area contributed by atoms with Gasteiger partial charge in [-0.05, 0) is 50.2 Å².